The fraction of sp³-hybridized carbons (Fsp3) is 0.125. The van der Waals surface area contributed by atoms with Crippen molar-refractivity contribution in [1.82, 2.24) is 0 Å². The van der Waals surface area contributed by atoms with Crippen LogP contribution in [0.15, 0.2) is 46.9 Å². The van der Waals surface area contributed by atoms with E-state index in [0.29, 0.717) is 0 Å². The highest BCUT2D eigenvalue weighted by molar-refractivity contribution is 9.10. The van der Waals surface area contributed by atoms with Gasteiger partial charge in [-0.1, -0.05) is 52.3 Å². The Kier molecular flexibility index (Phi) is 2.44. The van der Waals surface area contributed by atoms with E-state index in [1.807, 2.05) is 0 Å². The normalized spacial score (nSPS) is 11.2. The van der Waals surface area contributed by atoms with Crippen LogP contribution in [0.25, 0.3) is 21.5 Å². The first-order valence-corrected chi connectivity index (χ1v) is 6.55. The lowest BCUT2D eigenvalue weighted by atomic mass is 9.93. The van der Waals surface area contributed by atoms with Gasteiger partial charge in [-0.2, -0.15) is 0 Å². The van der Waals surface area contributed by atoms with E-state index < -0.39 is 0 Å². The standard InChI is InChI=1S/C16H13Br/c1-10-12-6-3-4-7-13(12)11(2)16-14(10)8-5-9-15(16)17/h3-9H,1-2H3. The van der Waals surface area contributed by atoms with Crippen LogP contribution in [0, 0.1) is 13.8 Å². The molecule has 1 heteroatoms. The van der Waals surface area contributed by atoms with Crippen LogP contribution < -0.4 is 0 Å². The summed E-state index contributed by atoms with van der Waals surface area (Å²) in [5.41, 5.74) is 2.72. The quantitative estimate of drug-likeness (QED) is 0.487. The minimum absolute atomic E-state index is 1.18. The average molecular weight is 285 g/mol. The maximum Gasteiger partial charge on any atom is 0.0256 e. The molecule has 0 amide bonds. The Morgan fingerprint density at radius 1 is 0.706 bits per heavy atom. The van der Waals surface area contributed by atoms with Crippen LogP contribution in [0.3, 0.4) is 0 Å². The van der Waals surface area contributed by atoms with Gasteiger partial charge in [-0.05, 0) is 52.6 Å². The first-order chi connectivity index (χ1) is 8.20. The predicted octanol–water partition coefficient (Wildman–Crippen LogP) is 5.37. The summed E-state index contributed by atoms with van der Waals surface area (Å²) in [4.78, 5) is 0. The lowest BCUT2D eigenvalue weighted by Crippen LogP contribution is -1.88. The Hall–Kier alpha value is -1.34. The molecule has 0 radical (unpaired) electrons. The zero-order chi connectivity index (χ0) is 12.0. The molecule has 0 nitrogen and oxygen atoms in total. The molecule has 0 unspecified atom stereocenters. The molecule has 0 bridgehead atoms. The van der Waals surface area contributed by atoms with E-state index >= 15 is 0 Å². The first-order valence-electron chi connectivity index (χ1n) is 5.76. The van der Waals surface area contributed by atoms with Crippen LogP contribution >= 0.6 is 15.9 Å². The molecule has 0 aliphatic heterocycles. The third-order valence-electron chi connectivity index (χ3n) is 3.53. The maximum atomic E-state index is 3.67. The van der Waals surface area contributed by atoms with Crippen LogP contribution in [0.2, 0.25) is 0 Å². The van der Waals surface area contributed by atoms with Gasteiger partial charge in [0.25, 0.3) is 0 Å². The topological polar surface area (TPSA) is 0 Å². The summed E-state index contributed by atoms with van der Waals surface area (Å²) < 4.78 is 1.18. The highest BCUT2D eigenvalue weighted by Crippen LogP contribution is 2.35. The number of hydrogen-bond donors (Lipinski definition) is 0. The van der Waals surface area contributed by atoms with Gasteiger partial charge < -0.3 is 0 Å². The van der Waals surface area contributed by atoms with Gasteiger partial charge in [0.1, 0.15) is 0 Å². The molecule has 0 fully saturated rings. The molecule has 0 aliphatic carbocycles. The molecule has 0 spiro atoms. The van der Waals surface area contributed by atoms with Gasteiger partial charge in [-0.3, -0.25) is 0 Å². The molecule has 0 N–H and O–H groups in total. The molecule has 0 atom stereocenters. The van der Waals surface area contributed by atoms with Crippen LogP contribution in [0.1, 0.15) is 11.1 Å². The van der Waals surface area contributed by atoms with Crippen LogP contribution in [-0.4, -0.2) is 0 Å². The highest BCUT2D eigenvalue weighted by atomic mass is 79.9. The second kappa shape index (κ2) is 3.85. The Morgan fingerprint density at radius 3 is 2.00 bits per heavy atom. The van der Waals surface area contributed by atoms with Crippen molar-refractivity contribution in [3.8, 4) is 0 Å². The molecule has 0 heterocycles. The molecule has 3 aromatic rings. The molecular formula is C16H13Br. The minimum Gasteiger partial charge on any atom is -0.0616 e. The van der Waals surface area contributed by atoms with E-state index in [2.05, 4.69) is 72.2 Å². The van der Waals surface area contributed by atoms with Crippen molar-refractivity contribution < 1.29 is 0 Å². The fourth-order valence-electron chi connectivity index (χ4n) is 2.63. The summed E-state index contributed by atoms with van der Waals surface area (Å²) in [6, 6.07) is 15.1. The number of benzene rings is 3. The van der Waals surface area contributed by atoms with E-state index in [1.54, 1.807) is 0 Å². The summed E-state index contributed by atoms with van der Waals surface area (Å²) in [5.74, 6) is 0. The summed E-state index contributed by atoms with van der Waals surface area (Å²) in [6.07, 6.45) is 0. The highest BCUT2D eigenvalue weighted by Gasteiger charge is 2.09. The van der Waals surface area contributed by atoms with Crippen molar-refractivity contribution >= 4 is 37.5 Å². The predicted molar refractivity (Wildman–Crippen MR) is 78.6 cm³/mol. The summed E-state index contributed by atoms with van der Waals surface area (Å²) >= 11 is 3.67. The Balaban J connectivity index is 2.69. The summed E-state index contributed by atoms with van der Waals surface area (Å²) in [5, 5.41) is 5.39. The molecular weight excluding hydrogens is 272 g/mol. The zero-order valence-corrected chi connectivity index (χ0v) is 11.5. The number of hydrogen-bond acceptors (Lipinski definition) is 0. The van der Waals surface area contributed by atoms with Gasteiger partial charge in [0.05, 0.1) is 0 Å². The number of halogens is 1. The van der Waals surface area contributed by atoms with Crippen LogP contribution in [0.4, 0.5) is 0 Å². The Morgan fingerprint density at radius 2 is 1.29 bits per heavy atom. The third kappa shape index (κ3) is 1.49. The summed E-state index contributed by atoms with van der Waals surface area (Å²) in [6.45, 7) is 4.41. The van der Waals surface area contributed by atoms with E-state index in [4.69, 9.17) is 0 Å². The molecule has 0 saturated heterocycles. The second-order valence-corrected chi connectivity index (χ2v) is 5.31. The van der Waals surface area contributed by atoms with Gasteiger partial charge in [-0.25, -0.2) is 0 Å². The number of aryl methyl sites for hydroxylation is 2. The van der Waals surface area contributed by atoms with E-state index in [-0.39, 0.29) is 0 Å². The monoisotopic (exact) mass is 284 g/mol. The number of fused-ring (bicyclic) bond motifs is 2. The van der Waals surface area contributed by atoms with Gasteiger partial charge in [0.15, 0.2) is 0 Å². The van der Waals surface area contributed by atoms with Gasteiger partial charge in [-0.15, -0.1) is 0 Å². The van der Waals surface area contributed by atoms with Crippen molar-refractivity contribution in [2.75, 3.05) is 0 Å². The van der Waals surface area contributed by atoms with Gasteiger partial charge >= 0.3 is 0 Å². The molecule has 0 aliphatic rings. The molecule has 0 saturated carbocycles. The summed E-state index contributed by atoms with van der Waals surface area (Å²) in [7, 11) is 0. The smallest absolute Gasteiger partial charge is 0.0256 e. The van der Waals surface area contributed by atoms with Crippen molar-refractivity contribution in [1.29, 1.82) is 0 Å². The average Bonchev–Trinajstić information content (AvgIpc) is 2.36. The molecule has 3 rings (SSSR count). The minimum atomic E-state index is 1.18. The van der Waals surface area contributed by atoms with E-state index in [9.17, 15) is 0 Å². The molecule has 84 valence electrons. The fourth-order valence-corrected chi connectivity index (χ4v) is 3.30. The van der Waals surface area contributed by atoms with E-state index in [1.165, 1.54) is 37.1 Å². The SMILES string of the molecule is Cc1c2ccccc2c(C)c2c(Br)cccc12. The van der Waals surface area contributed by atoms with Crippen molar-refractivity contribution in [2.24, 2.45) is 0 Å². The molecule has 3 aromatic carbocycles. The molecule has 17 heavy (non-hydrogen) atoms. The Labute approximate surface area is 109 Å². The van der Waals surface area contributed by atoms with Gasteiger partial charge in [0, 0.05) is 4.47 Å². The lowest BCUT2D eigenvalue weighted by Gasteiger charge is -2.12. The first kappa shape index (κ1) is 10.8. The molecule has 0 aromatic heterocycles. The van der Waals surface area contributed by atoms with Crippen molar-refractivity contribution in [2.45, 2.75) is 13.8 Å². The van der Waals surface area contributed by atoms with Crippen LogP contribution in [-0.2, 0) is 0 Å². The van der Waals surface area contributed by atoms with Crippen molar-refractivity contribution in [3.05, 3.63) is 58.1 Å². The lowest BCUT2D eigenvalue weighted by molar-refractivity contribution is 1.51. The zero-order valence-electron chi connectivity index (χ0n) is 9.92. The van der Waals surface area contributed by atoms with Crippen LogP contribution in [0.5, 0.6) is 0 Å². The maximum absolute atomic E-state index is 3.67. The third-order valence-corrected chi connectivity index (χ3v) is 4.19. The number of rotatable bonds is 0. The van der Waals surface area contributed by atoms with Gasteiger partial charge in [0.2, 0.25) is 0 Å². The van der Waals surface area contributed by atoms with E-state index in [0.717, 1.165) is 0 Å². The largest absolute Gasteiger partial charge is 0.0616 e. The van der Waals surface area contributed by atoms with Crippen molar-refractivity contribution in [3.63, 3.8) is 0 Å². The Bertz CT molecular complexity index is 726. The second-order valence-electron chi connectivity index (χ2n) is 4.46.